The van der Waals surface area contributed by atoms with Crippen molar-refractivity contribution in [1.29, 1.82) is 0 Å². The molecule has 10 atom stereocenters. The molecule has 0 radical (unpaired) electrons. The lowest BCUT2D eigenvalue weighted by Crippen LogP contribution is -2.50. The van der Waals surface area contributed by atoms with E-state index < -0.39 is 39.7 Å². The minimum absolute atomic E-state index is 0.0214. The van der Waals surface area contributed by atoms with Crippen LogP contribution in [0.5, 0.6) is 0 Å². The van der Waals surface area contributed by atoms with Crippen molar-refractivity contribution < 1.29 is 92.4 Å². The third-order valence-corrected chi connectivity index (χ3v) is 23.3. The largest absolute Gasteiger partial charge is 0.435 e. The number of ether oxygens (including phenoxy) is 9. The van der Waals surface area contributed by atoms with Crippen molar-refractivity contribution >= 4 is 72.0 Å². The minimum Gasteiger partial charge on any atom is -0.435 e. The molecule has 2 saturated heterocycles. The fraction of sp³-hybridized carbons (Fsp3) is 0.359. The van der Waals surface area contributed by atoms with Gasteiger partial charge in [-0.15, -0.1) is 6.58 Å². The van der Waals surface area contributed by atoms with Crippen LogP contribution in [0, 0.1) is 0 Å². The second-order valence-electron chi connectivity index (χ2n) is 31.1. The number of hydrogen-bond donors (Lipinski definition) is 7. The van der Waals surface area contributed by atoms with Gasteiger partial charge >= 0.3 is 12.2 Å². The highest BCUT2D eigenvalue weighted by Gasteiger charge is 2.46. The van der Waals surface area contributed by atoms with E-state index in [2.05, 4.69) is 78.7 Å². The van der Waals surface area contributed by atoms with E-state index in [9.17, 15) is 44.7 Å². The molecule has 2 amide bonds. The second kappa shape index (κ2) is 56.3. The molecule has 2 fully saturated rings. The number of nitrogens with zero attached hydrogens (tertiary/aromatic N) is 2. The van der Waals surface area contributed by atoms with Crippen LogP contribution in [0.3, 0.4) is 0 Å². The molecule has 10 aromatic carbocycles. The molecule has 22 nitrogen and oxygen atoms in total. The van der Waals surface area contributed by atoms with Crippen LogP contribution in [0.15, 0.2) is 311 Å². The Labute approximate surface area is 780 Å². The van der Waals surface area contributed by atoms with Gasteiger partial charge < -0.3 is 93.2 Å². The maximum absolute atomic E-state index is 12.8. The van der Waals surface area contributed by atoms with Gasteiger partial charge in [0.15, 0.2) is 17.0 Å². The molecule has 0 aromatic heterocycles. The third kappa shape index (κ3) is 33.6. The monoisotopic (exact) mass is 1950 g/mol. The van der Waals surface area contributed by atoms with Crippen LogP contribution < -0.4 is 5.32 Å². The molecular formula is C103H126Br3N3O19. The summed E-state index contributed by atoms with van der Waals surface area (Å²) in [6, 6.07) is 90.5. The van der Waals surface area contributed by atoms with Crippen molar-refractivity contribution in [3.63, 3.8) is 0 Å². The van der Waals surface area contributed by atoms with E-state index >= 15 is 0 Å². The van der Waals surface area contributed by atoms with Crippen molar-refractivity contribution in [2.75, 3.05) is 122 Å². The SMILES string of the molecule is C=CCC(O)(COC)c1ccccc1.COCC(=O)c1ccccc1.COCC(O)(CC(O)CO)c1ccccc1.COCC(O)(CC=O)c1ccccc1.COCC(O)(CCN[C@@H](C)c1ccc(Br)cc1)c1ccccc1.COC[C@@]1(c2ccccc2)CCN([C@@H](C)c2ccc(Br)cc2)C(=O)O1.COC[C@]1(c2ccccc2)CCN([C@@H](C)c2ccc(Br)cc2)C(=O)O1. The van der Waals surface area contributed by atoms with Crippen LogP contribution in [-0.2, 0) is 81.0 Å². The van der Waals surface area contributed by atoms with Gasteiger partial charge in [0.25, 0.3) is 0 Å². The number of Topliss-reactive ketones (excluding diaryl/α,β-unsaturated/α-hetero) is 1. The molecular weight excluding hydrogens is 1820 g/mol. The molecule has 0 aliphatic carbocycles. The molecule has 688 valence electrons. The number of halogens is 3. The van der Waals surface area contributed by atoms with E-state index in [0.29, 0.717) is 81.5 Å². The number of aldehydes is 1. The Balaban J connectivity index is 0.000000235. The number of nitrogens with one attached hydrogen (secondary N) is 1. The smallest absolute Gasteiger partial charge is 0.411 e. The first kappa shape index (κ1) is 107. The Morgan fingerprint density at radius 2 is 0.773 bits per heavy atom. The average Bonchev–Trinajstić information content (AvgIpc) is 0.777. The van der Waals surface area contributed by atoms with Crippen molar-refractivity contribution in [2.45, 2.75) is 117 Å². The summed E-state index contributed by atoms with van der Waals surface area (Å²) in [5.74, 6) is 0.0214. The first-order valence-electron chi connectivity index (χ1n) is 42.1. The third-order valence-electron chi connectivity index (χ3n) is 21.7. The van der Waals surface area contributed by atoms with Gasteiger partial charge in [0.05, 0.1) is 64.4 Å². The summed E-state index contributed by atoms with van der Waals surface area (Å²) in [6.45, 7) is 13.0. The van der Waals surface area contributed by atoms with Crippen LogP contribution in [-0.4, -0.2) is 193 Å². The van der Waals surface area contributed by atoms with Crippen LogP contribution in [0.25, 0.3) is 0 Å². The Bertz CT molecular complexity index is 4580. The lowest BCUT2D eigenvalue weighted by atomic mass is 9.89. The number of aliphatic hydroxyl groups excluding tert-OH is 2. The molecule has 25 heteroatoms. The zero-order valence-electron chi connectivity index (χ0n) is 74.8. The van der Waals surface area contributed by atoms with E-state index in [1.54, 1.807) is 92.8 Å². The van der Waals surface area contributed by atoms with Crippen LogP contribution in [0.1, 0.15) is 138 Å². The van der Waals surface area contributed by atoms with Crippen molar-refractivity contribution in [2.24, 2.45) is 0 Å². The highest BCUT2D eigenvalue weighted by molar-refractivity contribution is 9.11. The highest BCUT2D eigenvalue weighted by atomic mass is 79.9. The number of hydrogen-bond acceptors (Lipinski definition) is 20. The number of carbonyl (C=O) groups is 4. The van der Waals surface area contributed by atoms with Crippen LogP contribution in [0.2, 0.25) is 0 Å². The van der Waals surface area contributed by atoms with Crippen molar-refractivity contribution in [1.82, 2.24) is 15.1 Å². The maximum Gasteiger partial charge on any atom is 0.411 e. The fourth-order valence-electron chi connectivity index (χ4n) is 14.7. The predicted molar refractivity (Wildman–Crippen MR) is 511 cm³/mol. The van der Waals surface area contributed by atoms with E-state index in [-0.39, 0.29) is 88.6 Å². The molecule has 2 aliphatic heterocycles. The normalized spacial score (nSPS) is 17.3. The molecule has 0 spiro atoms. The molecule has 12 rings (SSSR count). The number of rotatable bonds is 37. The Hall–Kier alpha value is -9.30. The summed E-state index contributed by atoms with van der Waals surface area (Å²) in [6.07, 6.45) is 3.39. The molecule has 10 aromatic rings. The fourth-order valence-corrected chi connectivity index (χ4v) is 15.5. The van der Waals surface area contributed by atoms with Crippen molar-refractivity contribution in [3.05, 3.63) is 367 Å². The predicted octanol–water partition coefficient (Wildman–Crippen LogP) is 18.8. The maximum atomic E-state index is 12.8. The van der Waals surface area contributed by atoms with Crippen molar-refractivity contribution in [3.8, 4) is 0 Å². The summed E-state index contributed by atoms with van der Waals surface area (Å²) in [5, 5.41) is 63.4. The average molecular weight is 1950 g/mol. The molecule has 0 saturated carbocycles. The van der Waals surface area contributed by atoms with Gasteiger partial charge in [0, 0.05) is 120 Å². The first-order chi connectivity index (χ1) is 61.6. The second-order valence-corrected chi connectivity index (χ2v) is 33.8. The van der Waals surface area contributed by atoms with E-state index in [1.165, 1.54) is 26.9 Å². The van der Waals surface area contributed by atoms with Gasteiger partial charge in [-0.2, -0.15) is 0 Å². The summed E-state index contributed by atoms with van der Waals surface area (Å²) in [7, 11) is 11.0. The number of carbonyl (C=O) groups excluding carboxylic acids is 4. The number of benzene rings is 10. The van der Waals surface area contributed by atoms with E-state index in [1.807, 2.05) is 238 Å². The van der Waals surface area contributed by atoms with Gasteiger partial charge in [-0.3, -0.25) is 4.79 Å². The van der Waals surface area contributed by atoms with E-state index in [4.69, 9.17) is 47.7 Å². The summed E-state index contributed by atoms with van der Waals surface area (Å²) in [4.78, 5) is 50.7. The zero-order chi connectivity index (χ0) is 93.4. The standard InChI is InChI=1S/2C20H22BrNO3.C19H24BrNO2.C12H18O4.C12H16O2.C11H14O3.C9H10O2/c2*1-15(16-8-10-18(21)11-9-16)22-13-12-20(14-24-2,25-19(22)23)17-6-4-3-5-7-17;1-15(16-8-10-18(20)11-9-16)21-13-12-19(22,14-23-2)17-6-4-3-5-7-17;1-16-9-12(15,7-11(14)8-13)10-5-3-2-4-6-10;1-3-9-12(13,10-14-2)11-7-5-4-6-8-11;1-14-9-11(13,7-8-12)10-5-3-2-4-6-10;1-11-7-9(10)8-5-3-2-4-6-8/h2*3-11,15H,12-14H2,1-2H3;3-11,15,21-22H,12-14H2,1-2H3;2-6,11,13-15H,7-9H2,1H3;3-8,13H,1,9-10H2,2H3;2-6,8,13H,7,9H2,1H3;2-6H,7H2,1H3/t15-,20+;15-,20-;15-,19?;;;;/m000..../s1. The number of amides is 2. The molecule has 7 N–H and O–H groups in total. The summed E-state index contributed by atoms with van der Waals surface area (Å²) < 4.78 is 50.6. The summed E-state index contributed by atoms with van der Waals surface area (Å²) >= 11 is 10.3. The molecule has 2 heterocycles. The van der Waals surface area contributed by atoms with Gasteiger partial charge in [-0.05, 0) is 120 Å². The van der Waals surface area contributed by atoms with Crippen LogP contribution in [0.4, 0.5) is 9.59 Å². The number of methoxy groups -OCH3 is 7. The lowest BCUT2D eigenvalue weighted by molar-refractivity contribution is -0.115. The van der Waals surface area contributed by atoms with E-state index in [0.717, 1.165) is 46.8 Å². The molecule has 128 heavy (non-hydrogen) atoms. The first-order valence-corrected chi connectivity index (χ1v) is 44.5. The molecule has 2 aliphatic rings. The molecule has 0 bridgehead atoms. The number of cyclic esters (lactones) is 2. The van der Waals surface area contributed by atoms with Gasteiger partial charge in [-0.1, -0.05) is 303 Å². The topological polar surface area (TPSA) is 291 Å². The van der Waals surface area contributed by atoms with Gasteiger partial charge in [0.1, 0.15) is 35.3 Å². The Morgan fingerprint density at radius 3 is 1.10 bits per heavy atom. The van der Waals surface area contributed by atoms with Crippen LogP contribution >= 0.6 is 47.8 Å². The summed E-state index contributed by atoms with van der Waals surface area (Å²) in [5.41, 5.74) is 3.35. The van der Waals surface area contributed by atoms with Gasteiger partial charge in [0.2, 0.25) is 0 Å². The highest BCUT2D eigenvalue weighted by Crippen LogP contribution is 2.40. The Morgan fingerprint density at radius 1 is 0.453 bits per heavy atom. The quantitative estimate of drug-likeness (QED) is 0.0108. The zero-order valence-corrected chi connectivity index (χ0v) is 79.6. The minimum atomic E-state index is -1.27. The Kier molecular flexibility index (Phi) is 47.3. The lowest BCUT2D eigenvalue weighted by Gasteiger charge is -2.43. The number of aliphatic hydroxyl groups is 6. The van der Waals surface area contributed by atoms with Gasteiger partial charge in [-0.25, -0.2) is 9.59 Å². The number of ketones is 1. The molecule has 5 unspecified atom stereocenters.